The van der Waals surface area contributed by atoms with Gasteiger partial charge in [-0.3, -0.25) is 0 Å². The summed E-state index contributed by atoms with van der Waals surface area (Å²) < 4.78 is 5.65. The molecule has 1 N–H and O–H groups in total. The fourth-order valence-corrected chi connectivity index (χ4v) is 1.63. The van der Waals surface area contributed by atoms with Crippen molar-refractivity contribution in [2.45, 2.75) is 13.0 Å². The van der Waals surface area contributed by atoms with Gasteiger partial charge in [-0.1, -0.05) is 30.3 Å². The van der Waals surface area contributed by atoms with E-state index >= 15 is 0 Å². The van der Waals surface area contributed by atoms with E-state index in [1.54, 1.807) is 12.1 Å². The number of aromatic nitrogens is 1. The molecule has 18 heavy (non-hydrogen) atoms. The van der Waals surface area contributed by atoms with Crippen LogP contribution in [0.3, 0.4) is 0 Å². The normalized spacial score (nSPS) is 11.8. The first-order valence-electron chi connectivity index (χ1n) is 5.58. The monoisotopic (exact) mass is 243 g/mol. The molecule has 2 rings (SSSR count). The van der Waals surface area contributed by atoms with Crippen molar-refractivity contribution >= 4 is 5.97 Å². The third kappa shape index (κ3) is 2.66. The Labute approximate surface area is 105 Å². The molecule has 1 unspecified atom stereocenters. The van der Waals surface area contributed by atoms with E-state index in [1.165, 1.54) is 6.20 Å². The maximum Gasteiger partial charge on any atom is 0.358 e. The van der Waals surface area contributed by atoms with Crippen molar-refractivity contribution < 1.29 is 14.6 Å². The number of hydrogen-bond donors (Lipinski definition) is 1. The zero-order chi connectivity index (χ0) is 13.0. The number of carboxylic acid groups (broad SMARTS) is 1. The van der Waals surface area contributed by atoms with E-state index in [-0.39, 0.29) is 17.5 Å². The first-order valence-corrected chi connectivity index (χ1v) is 5.58. The van der Waals surface area contributed by atoms with Gasteiger partial charge in [0, 0.05) is 6.20 Å². The first kappa shape index (κ1) is 12.1. The van der Waals surface area contributed by atoms with Gasteiger partial charge in [0.25, 0.3) is 0 Å². The SMILES string of the molecule is CC(Oc1cccnc1C(=O)O)c1ccccc1. The van der Waals surface area contributed by atoms with Crippen LogP contribution in [0, 0.1) is 0 Å². The van der Waals surface area contributed by atoms with E-state index in [2.05, 4.69) is 4.98 Å². The van der Waals surface area contributed by atoms with E-state index < -0.39 is 5.97 Å². The number of carbonyl (C=O) groups is 1. The molecule has 0 aliphatic heterocycles. The summed E-state index contributed by atoms with van der Waals surface area (Å²) in [6.45, 7) is 1.87. The molecule has 0 radical (unpaired) electrons. The molecule has 0 fully saturated rings. The van der Waals surface area contributed by atoms with Gasteiger partial charge < -0.3 is 9.84 Å². The molecular formula is C14H13NO3. The smallest absolute Gasteiger partial charge is 0.358 e. The maximum absolute atomic E-state index is 11.0. The van der Waals surface area contributed by atoms with E-state index in [9.17, 15) is 4.79 Å². The summed E-state index contributed by atoms with van der Waals surface area (Å²) in [5.74, 6) is -0.813. The Morgan fingerprint density at radius 3 is 2.61 bits per heavy atom. The van der Waals surface area contributed by atoms with Crippen LogP contribution in [0.25, 0.3) is 0 Å². The van der Waals surface area contributed by atoms with Gasteiger partial charge in [-0.15, -0.1) is 0 Å². The molecule has 2 aromatic rings. The average molecular weight is 243 g/mol. The van der Waals surface area contributed by atoms with Crippen LogP contribution >= 0.6 is 0 Å². The van der Waals surface area contributed by atoms with Crippen LogP contribution in [0.1, 0.15) is 29.1 Å². The summed E-state index contributed by atoms with van der Waals surface area (Å²) in [5.41, 5.74) is 0.915. The lowest BCUT2D eigenvalue weighted by Crippen LogP contribution is -2.08. The van der Waals surface area contributed by atoms with Crippen LogP contribution in [0.2, 0.25) is 0 Å². The number of rotatable bonds is 4. The Balaban J connectivity index is 2.22. The highest BCUT2D eigenvalue weighted by Crippen LogP contribution is 2.23. The number of ether oxygens (including phenoxy) is 1. The first-order chi connectivity index (χ1) is 8.68. The zero-order valence-electron chi connectivity index (χ0n) is 9.91. The Hall–Kier alpha value is -2.36. The number of carboxylic acids is 1. The number of aromatic carboxylic acids is 1. The summed E-state index contributed by atoms with van der Waals surface area (Å²) >= 11 is 0. The molecule has 0 bridgehead atoms. The van der Waals surface area contributed by atoms with Gasteiger partial charge in [-0.05, 0) is 24.6 Å². The second kappa shape index (κ2) is 5.31. The molecule has 0 aliphatic rings. The van der Waals surface area contributed by atoms with Gasteiger partial charge in [0.15, 0.2) is 11.4 Å². The number of benzene rings is 1. The maximum atomic E-state index is 11.0. The number of nitrogens with zero attached hydrogens (tertiary/aromatic N) is 1. The highest BCUT2D eigenvalue weighted by Gasteiger charge is 2.15. The van der Waals surface area contributed by atoms with Crippen molar-refractivity contribution in [2.24, 2.45) is 0 Å². The molecule has 1 aromatic carbocycles. The summed E-state index contributed by atoms with van der Waals surface area (Å²) in [6.07, 6.45) is 1.21. The second-order valence-corrected chi connectivity index (χ2v) is 3.83. The molecule has 4 heteroatoms. The molecule has 0 spiro atoms. The van der Waals surface area contributed by atoms with E-state index in [1.807, 2.05) is 37.3 Å². The van der Waals surface area contributed by atoms with Crippen molar-refractivity contribution in [3.63, 3.8) is 0 Å². The minimum Gasteiger partial charge on any atom is -0.483 e. The third-order valence-electron chi connectivity index (χ3n) is 2.55. The van der Waals surface area contributed by atoms with E-state index in [0.29, 0.717) is 0 Å². The molecule has 0 saturated carbocycles. The molecule has 1 aromatic heterocycles. The average Bonchev–Trinajstić information content (AvgIpc) is 2.40. The quantitative estimate of drug-likeness (QED) is 0.896. The van der Waals surface area contributed by atoms with E-state index in [0.717, 1.165) is 5.56 Å². The highest BCUT2D eigenvalue weighted by molar-refractivity contribution is 5.88. The Kier molecular flexibility index (Phi) is 3.57. The van der Waals surface area contributed by atoms with Gasteiger partial charge in [-0.25, -0.2) is 9.78 Å². The fourth-order valence-electron chi connectivity index (χ4n) is 1.63. The standard InChI is InChI=1S/C14H13NO3/c1-10(11-6-3-2-4-7-11)18-12-8-5-9-15-13(12)14(16)17/h2-10H,1H3,(H,16,17). The predicted molar refractivity (Wildman–Crippen MR) is 66.7 cm³/mol. The Bertz CT molecular complexity index is 540. The summed E-state index contributed by atoms with van der Waals surface area (Å²) in [4.78, 5) is 14.8. The lowest BCUT2D eigenvalue weighted by Gasteiger charge is -2.15. The van der Waals surface area contributed by atoms with Gasteiger partial charge in [0.2, 0.25) is 0 Å². The predicted octanol–water partition coefficient (Wildman–Crippen LogP) is 2.92. The Morgan fingerprint density at radius 2 is 1.94 bits per heavy atom. The van der Waals surface area contributed by atoms with Crippen LogP contribution < -0.4 is 4.74 Å². The topological polar surface area (TPSA) is 59.4 Å². The summed E-state index contributed by atoms with van der Waals surface area (Å²) in [5, 5.41) is 9.01. The van der Waals surface area contributed by atoms with Crippen LogP contribution in [0.4, 0.5) is 0 Å². The third-order valence-corrected chi connectivity index (χ3v) is 2.55. The van der Waals surface area contributed by atoms with Gasteiger partial charge in [0.1, 0.15) is 6.10 Å². The zero-order valence-corrected chi connectivity index (χ0v) is 9.91. The molecular weight excluding hydrogens is 230 g/mol. The van der Waals surface area contributed by atoms with Crippen LogP contribution in [-0.2, 0) is 0 Å². The minimum absolute atomic E-state index is 0.0692. The second-order valence-electron chi connectivity index (χ2n) is 3.83. The van der Waals surface area contributed by atoms with E-state index in [4.69, 9.17) is 9.84 Å². The van der Waals surface area contributed by atoms with Crippen LogP contribution in [0.15, 0.2) is 48.7 Å². The molecule has 1 atom stereocenters. The largest absolute Gasteiger partial charge is 0.483 e. The highest BCUT2D eigenvalue weighted by atomic mass is 16.5. The molecule has 0 saturated heterocycles. The van der Waals surface area contributed by atoms with Gasteiger partial charge in [0.05, 0.1) is 0 Å². The summed E-state index contributed by atoms with van der Waals surface area (Å²) in [7, 11) is 0. The molecule has 92 valence electrons. The minimum atomic E-state index is -1.09. The molecule has 4 nitrogen and oxygen atoms in total. The summed E-state index contributed by atoms with van der Waals surface area (Å²) in [6, 6.07) is 12.9. The van der Waals surface area contributed by atoms with Gasteiger partial charge >= 0.3 is 5.97 Å². The molecule has 0 aliphatic carbocycles. The van der Waals surface area contributed by atoms with Crippen molar-refractivity contribution in [3.05, 3.63) is 59.9 Å². The van der Waals surface area contributed by atoms with Crippen molar-refractivity contribution in [1.29, 1.82) is 0 Å². The van der Waals surface area contributed by atoms with Crippen molar-refractivity contribution in [3.8, 4) is 5.75 Å². The molecule has 0 amide bonds. The number of pyridine rings is 1. The van der Waals surface area contributed by atoms with Crippen LogP contribution in [0.5, 0.6) is 5.75 Å². The Morgan fingerprint density at radius 1 is 1.22 bits per heavy atom. The fraction of sp³-hybridized carbons (Fsp3) is 0.143. The van der Waals surface area contributed by atoms with Gasteiger partial charge in [-0.2, -0.15) is 0 Å². The van der Waals surface area contributed by atoms with Crippen molar-refractivity contribution in [2.75, 3.05) is 0 Å². The lowest BCUT2D eigenvalue weighted by atomic mass is 10.1. The van der Waals surface area contributed by atoms with Crippen LogP contribution in [-0.4, -0.2) is 16.1 Å². The van der Waals surface area contributed by atoms with Crippen molar-refractivity contribution in [1.82, 2.24) is 4.98 Å². The lowest BCUT2D eigenvalue weighted by molar-refractivity contribution is 0.0682. The number of hydrogen-bond acceptors (Lipinski definition) is 3. The molecule has 1 heterocycles.